The number of hydrogen-bond donors (Lipinski definition) is 3. The Morgan fingerprint density at radius 1 is 0.912 bits per heavy atom. The molecule has 2 aliphatic heterocycles. The number of benzene rings is 2. The molecular weight excluding hydrogens is 458 g/mol. The highest BCUT2D eigenvalue weighted by Gasteiger charge is 2.36. The van der Waals surface area contributed by atoms with Crippen molar-refractivity contribution in [1.82, 2.24) is 14.5 Å². The summed E-state index contributed by atoms with van der Waals surface area (Å²) in [4.78, 5) is 26.6. The van der Waals surface area contributed by atoms with Crippen molar-refractivity contribution in [2.45, 2.75) is 43.0 Å². The molecule has 0 aliphatic carbocycles. The second-order valence-corrected chi connectivity index (χ2v) is 10.7. The van der Waals surface area contributed by atoms with Gasteiger partial charge in [-0.3, -0.25) is 9.59 Å². The van der Waals surface area contributed by atoms with Crippen molar-refractivity contribution in [3.05, 3.63) is 65.7 Å². The highest BCUT2D eigenvalue weighted by Crippen LogP contribution is 2.24. The molecule has 182 valence electrons. The summed E-state index contributed by atoms with van der Waals surface area (Å²) >= 11 is 0. The lowest BCUT2D eigenvalue weighted by atomic mass is 9.98. The van der Waals surface area contributed by atoms with Gasteiger partial charge in [-0.2, -0.15) is 4.31 Å². The number of carbonyl (C=O) groups is 2. The summed E-state index contributed by atoms with van der Waals surface area (Å²) in [7, 11) is -3.55. The summed E-state index contributed by atoms with van der Waals surface area (Å²) in [5.41, 5.74) is 1.95. The van der Waals surface area contributed by atoms with Gasteiger partial charge in [-0.25, -0.2) is 8.42 Å². The third-order valence-corrected chi connectivity index (χ3v) is 8.41. The van der Waals surface area contributed by atoms with E-state index in [4.69, 9.17) is 0 Å². The third kappa shape index (κ3) is 5.15. The molecule has 2 heterocycles. The Morgan fingerprint density at radius 3 is 2.06 bits per heavy atom. The van der Waals surface area contributed by atoms with Crippen LogP contribution in [-0.4, -0.2) is 71.5 Å². The molecule has 0 radical (unpaired) electrons. The molecule has 2 aromatic rings. The fourth-order valence-corrected chi connectivity index (χ4v) is 5.89. The van der Waals surface area contributed by atoms with E-state index >= 15 is 0 Å². The first-order valence-electron chi connectivity index (χ1n) is 11.3. The van der Waals surface area contributed by atoms with Crippen LogP contribution in [0.4, 0.5) is 0 Å². The van der Waals surface area contributed by atoms with Gasteiger partial charge in [0.15, 0.2) is 12.2 Å². The summed E-state index contributed by atoms with van der Waals surface area (Å²) in [6, 6.07) is 15.8. The Kier molecular flexibility index (Phi) is 7.32. The Hall–Kier alpha value is -2.79. The first kappa shape index (κ1) is 24.3. The van der Waals surface area contributed by atoms with Crippen molar-refractivity contribution in [2.75, 3.05) is 19.6 Å². The highest BCUT2D eigenvalue weighted by molar-refractivity contribution is 7.89. The quantitative estimate of drug-likeness (QED) is 0.521. The second-order valence-electron chi connectivity index (χ2n) is 8.76. The molecule has 10 heteroatoms. The molecule has 4 rings (SSSR count). The number of rotatable bonds is 7. The van der Waals surface area contributed by atoms with E-state index in [0.717, 1.165) is 11.1 Å². The molecule has 1 fully saturated rings. The van der Waals surface area contributed by atoms with Crippen molar-refractivity contribution >= 4 is 21.8 Å². The molecule has 2 aliphatic rings. The van der Waals surface area contributed by atoms with Gasteiger partial charge in [-0.15, -0.1) is 0 Å². The number of sulfonamides is 1. The van der Waals surface area contributed by atoms with E-state index in [1.165, 1.54) is 9.21 Å². The fraction of sp³-hybridized carbons (Fsp3) is 0.417. The number of piperidine rings is 1. The molecule has 1 saturated heterocycles. The van der Waals surface area contributed by atoms with Gasteiger partial charge >= 0.3 is 0 Å². The maximum atomic E-state index is 12.7. The zero-order valence-electron chi connectivity index (χ0n) is 18.7. The van der Waals surface area contributed by atoms with Crippen LogP contribution in [0.25, 0.3) is 0 Å². The van der Waals surface area contributed by atoms with E-state index in [1.54, 1.807) is 30.3 Å². The molecule has 9 nitrogen and oxygen atoms in total. The van der Waals surface area contributed by atoms with Gasteiger partial charge in [0.05, 0.1) is 4.90 Å². The van der Waals surface area contributed by atoms with Gasteiger partial charge in [0.2, 0.25) is 10.0 Å². The van der Waals surface area contributed by atoms with Gasteiger partial charge in [-0.1, -0.05) is 42.5 Å². The van der Waals surface area contributed by atoms with Crippen molar-refractivity contribution < 1.29 is 28.2 Å². The lowest BCUT2D eigenvalue weighted by Gasteiger charge is -2.31. The third-order valence-electron chi connectivity index (χ3n) is 6.49. The smallest absolute Gasteiger partial charge is 0.255 e. The van der Waals surface area contributed by atoms with Crippen LogP contribution in [0.2, 0.25) is 0 Å². The topological polar surface area (TPSA) is 127 Å². The Balaban J connectivity index is 1.24. The zero-order chi connectivity index (χ0) is 24.3. The van der Waals surface area contributed by atoms with Crippen LogP contribution in [0, 0.1) is 5.92 Å². The number of nitrogens with one attached hydrogen (secondary N) is 1. The zero-order valence-corrected chi connectivity index (χ0v) is 19.5. The van der Waals surface area contributed by atoms with Crippen molar-refractivity contribution in [1.29, 1.82) is 0 Å². The molecule has 34 heavy (non-hydrogen) atoms. The van der Waals surface area contributed by atoms with E-state index < -0.39 is 34.0 Å². The second kappa shape index (κ2) is 10.2. The monoisotopic (exact) mass is 487 g/mol. The van der Waals surface area contributed by atoms with Crippen LogP contribution in [-0.2, 0) is 32.7 Å². The first-order valence-corrected chi connectivity index (χ1v) is 12.8. The molecule has 0 spiro atoms. The minimum absolute atomic E-state index is 0.0271. The highest BCUT2D eigenvalue weighted by atomic mass is 32.2. The molecule has 2 atom stereocenters. The normalized spacial score (nSPS) is 18.8. The summed E-state index contributed by atoms with van der Waals surface area (Å²) in [6.07, 6.45) is -2.63. The van der Waals surface area contributed by atoms with Gasteiger partial charge in [0, 0.05) is 32.7 Å². The maximum absolute atomic E-state index is 12.7. The Labute approximate surface area is 199 Å². The van der Waals surface area contributed by atoms with E-state index in [-0.39, 0.29) is 17.4 Å². The van der Waals surface area contributed by atoms with Gasteiger partial charge in [0.1, 0.15) is 0 Å². The van der Waals surface area contributed by atoms with Crippen LogP contribution < -0.4 is 5.32 Å². The largest absolute Gasteiger partial charge is 0.380 e. The van der Waals surface area contributed by atoms with E-state index in [1.807, 2.05) is 24.3 Å². The predicted octanol–water partition coefficient (Wildman–Crippen LogP) is 0.468. The van der Waals surface area contributed by atoms with Crippen LogP contribution in [0.5, 0.6) is 0 Å². The average molecular weight is 488 g/mol. The van der Waals surface area contributed by atoms with Crippen molar-refractivity contribution in [2.24, 2.45) is 5.92 Å². The molecule has 3 N–H and O–H groups in total. The van der Waals surface area contributed by atoms with E-state index in [2.05, 4.69) is 5.32 Å². The summed E-state index contributed by atoms with van der Waals surface area (Å²) in [6.45, 7) is 1.54. The number of carbonyl (C=O) groups excluding carboxylic acids is 2. The number of amides is 2. The molecule has 2 aromatic carbocycles. The predicted molar refractivity (Wildman–Crippen MR) is 124 cm³/mol. The lowest BCUT2D eigenvalue weighted by molar-refractivity contribution is -0.153. The number of hydrogen-bond acceptors (Lipinski definition) is 6. The number of nitrogens with zero attached hydrogens (tertiary/aromatic N) is 2. The Morgan fingerprint density at radius 2 is 1.47 bits per heavy atom. The number of aliphatic hydroxyl groups is 2. The Bertz CT molecular complexity index is 1110. The van der Waals surface area contributed by atoms with Crippen LogP contribution in [0.1, 0.15) is 24.0 Å². The number of aliphatic hydroxyl groups excluding tert-OH is 2. The molecule has 0 saturated carbocycles. The van der Waals surface area contributed by atoms with Crippen LogP contribution in [0.3, 0.4) is 0 Å². The molecular formula is C24H29N3O6S. The standard InChI is InChI=1S/C24H29N3O6S/c28-21(22(29)24(31)26-15-18-6-4-5-7-19(18)16-26)23(30)25-14-17-10-12-27(13-11-17)34(32,33)20-8-2-1-3-9-20/h1-9,17,21-22,28-29H,10-16H2,(H,25,30)/t21-,22-/m1/s1. The van der Waals surface area contributed by atoms with Crippen molar-refractivity contribution in [3.8, 4) is 0 Å². The molecule has 0 unspecified atom stereocenters. The van der Waals surface area contributed by atoms with Gasteiger partial charge in [-0.05, 0) is 42.0 Å². The summed E-state index contributed by atoms with van der Waals surface area (Å²) in [5.74, 6) is -1.49. The average Bonchev–Trinajstić information content (AvgIpc) is 3.31. The molecule has 0 aromatic heterocycles. The molecule has 0 bridgehead atoms. The number of fused-ring (bicyclic) bond motifs is 1. The van der Waals surface area contributed by atoms with E-state index in [9.17, 15) is 28.2 Å². The molecule has 2 amide bonds. The first-order chi connectivity index (χ1) is 16.3. The van der Waals surface area contributed by atoms with Crippen molar-refractivity contribution in [3.63, 3.8) is 0 Å². The SMILES string of the molecule is O=C(NCC1CCN(S(=O)(=O)c2ccccc2)CC1)[C@H](O)[C@@H](O)C(=O)N1Cc2ccccc2C1. The van der Waals surface area contributed by atoms with Gasteiger partial charge in [0.25, 0.3) is 11.8 Å². The maximum Gasteiger partial charge on any atom is 0.255 e. The minimum atomic E-state index is -3.55. The summed E-state index contributed by atoms with van der Waals surface area (Å²) < 4.78 is 26.9. The van der Waals surface area contributed by atoms with Gasteiger partial charge < -0.3 is 20.4 Å². The van der Waals surface area contributed by atoms with Crippen LogP contribution in [0.15, 0.2) is 59.5 Å². The van der Waals surface area contributed by atoms with Crippen LogP contribution >= 0.6 is 0 Å². The lowest BCUT2D eigenvalue weighted by Crippen LogP contribution is -2.50. The fourth-order valence-electron chi connectivity index (χ4n) is 4.40. The summed E-state index contributed by atoms with van der Waals surface area (Å²) in [5, 5.41) is 23.1. The van der Waals surface area contributed by atoms with E-state index in [0.29, 0.717) is 39.0 Å². The minimum Gasteiger partial charge on any atom is -0.380 e.